The molecule has 1 amide bonds. The number of ether oxygens (including phenoxy) is 3. The lowest BCUT2D eigenvalue weighted by molar-refractivity contribution is -0.385. The van der Waals surface area contributed by atoms with Crippen LogP contribution in [0.2, 0.25) is 0 Å². The molecule has 3 rings (SSSR count). The number of amidine groups is 1. The summed E-state index contributed by atoms with van der Waals surface area (Å²) in [6.07, 6.45) is -0.0172. The number of nitrogens with zero attached hydrogens (tertiary/aromatic N) is 4. The van der Waals surface area contributed by atoms with E-state index in [4.69, 9.17) is 14.2 Å². The summed E-state index contributed by atoms with van der Waals surface area (Å²) in [6, 6.07) is 8.68. The number of methoxy groups -OCH3 is 2. The minimum atomic E-state index is -1.09. The number of aliphatic imine (C=N–C) groups is 1. The van der Waals surface area contributed by atoms with Crippen molar-refractivity contribution in [3.05, 3.63) is 91.9 Å². The van der Waals surface area contributed by atoms with Crippen LogP contribution in [0.3, 0.4) is 0 Å². The average Bonchev–Trinajstić information content (AvgIpc) is 2.83. The zero-order chi connectivity index (χ0) is 24.8. The molecule has 0 spiro atoms. The van der Waals surface area contributed by atoms with E-state index in [1.54, 1.807) is 5.94 Å². The van der Waals surface area contributed by atoms with E-state index in [0.29, 0.717) is 5.56 Å². The van der Waals surface area contributed by atoms with Crippen molar-refractivity contribution in [3.63, 3.8) is 0 Å². The van der Waals surface area contributed by atoms with Gasteiger partial charge in [-0.05, 0) is 29.8 Å². The Hall–Kier alpha value is -5.03. The van der Waals surface area contributed by atoms with Gasteiger partial charge in [0, 0.05) is 24.3 Å². The zero-order valence-electron chi connectivity index (χ0n) is 17.7. The van der Waals surface area contributed by atoms with E-state index in [0.717, 1.165) is 23.1 Å². The zero-order valence-corrected chi connectivity index (χ0v) is 17.7. The predicted octanol–water partition coefficient (Wildman–Crippen LogP) is 3.31. The smallest absolute Gasteiger partial charge is 0.424 e. The molecule has 0 aliphatic carbocycles. The molecule has 0 saturated heterocycles. The Bertz CT molecular complexity index is 1230. The molecule has 0 saturated carbocycles. The summed E-state index contributed by atoms with van der Waals surface area (Å²) in [5.74, 6) is 1.62. The van der Waals surface area contributed by atoms with E-state index >= 15 is 0 Å². The third-order valence-electron chi connectivity index (χ3n) is 4.65. The molecule has 0 aromatic heterocycles. The molecule has 0 N–H and O–H groups in total. The van der Waals surface area contributed by atoms with E-state index in [-0.39, 0.29) is 34.6 Å². The van der Waals surface area contributed by atoms with Crippen LogP contribution in [-0.4, -0.2) is 47.0 Å². The Balaban J connectivity index is 2.07. The molecule has 1 heterocycles. The number of amides is 1. The lowest BCUT2D eigenvalue weighted by Gasteiger charge is -2.34. The summed E-state index contributed by atoms with van der Waals surface area (Å²) >= 11 is 0. The van der Waals surface area contributed by atoms with Crippen LogP contribution in [0.25, 0.3) is 0 Å². The van der Waals surface area contributed by atoms with Crippen molar-refractivity contribution in [2.45, 2.75) is 6.04 Å². The number of nitro groups is 2. The Kier molecular flexibility index (Phi) is 6.99. The van der Waals surface area contributed by atoms with E-state index in [2.05, 4.69) is 4.99 Å². The first kappa shape index (κ1) is 23.6. The van der Waals surface area contributed by atoms with Gasteiger partial charge in [0.2, 0.25) is 0 Å². The third-order valence-corrected chi connectivity index (χ3v) is 4.65. The second kappa shape index (κ2) is 10.1. The quantitative estimate of drug-likeness (QED) is 0.351. The topological polar surface area (TPSA) is 164 Å². The summed E-state index contributed by atoms with van der Waals surface area (Å²) in [6.45, 7) is 0. The maximum atomic E-state index is 13.2. The van der Waals surface area contributed by atoms with Gasteiger partial charge in [0.15, 0.2) is 0 Å². The van der Waals surface area contributed by atoms with Crippen LogP contribution in [0.1, 0.15) is 11.6 Å². The summed E-state index contributed by atoms with van der Waals surface area (Å²) in [4.78, 5) is 50.0. The second-order valence-corrected chi connectivity index (χ2v) is 6.55. The number of carbonyl (C=O) groups is 1. The number of carbonyl (C=O) groups excluding carboxylic acids is 2. The number of benzene rings is 2. The highest BCUT2D eigenvalue weighted by Gasteiger charge is 2.40. The van der Waals surface area contributed by atoms with Crippen LogP contribution in [0.5, 0.6) is 5.75 Å². The van der Waals surface area contributed by atoms with Crippen LogP contribution in [-0.2, 0) is 14.3 Å². The normalized spacial score (nSPS) is 15.1. The van der Waals surface area contributed by atoms with Gasteiger partial charge in [-0.3, -0.25) is 20.2 Å². The number of rotatable bonds is 6. The van der Waals surface area contributed by atoms with Gasteiger partial charge >= 0.3 is 12.1 Å². The van der Waals surface area contributed by atoms with Crippen molar-refractivity contribution >= 4 is 29.4 Å². The van der Waals surface area contributed by atoms with Crippen molar-refractivity contribution in [1.82, 2.24) is 4.90 Å². The van der Waals surface area contributed by atoms with E-state index in [1.807, 2.05) is 0 Å². The van der Waals surface area contributed by atoms with Crippen LogP contribution in [0, 0.1) is 20.2 Å². The molecule has 1 aliphatic heterocycles. The van der Waals surface area contributed by atoms with E-state index in [1.165, 1.54) is 50.6 Å². The van der Waals surface area contributed by atoms with Gasteiger partial charge in [0.1, 0.15) is 29.2 Å². The van der Waals surface area contributed by atoms with Crippen molar-refractivity contribution in [3.8, 4) is 5.75 Å². The van der Waals surface area contributed by atoms with Gasteiger partial charge in [-0.15, -0.1) is 0 Å². The molecule has 1 atom stereocenters. The van der Waals surface area contributed by atoms with E-state index in [9.17, 15) is 29.8 Å². The molecular weight excluding hydrogens is 452 g/mol. The molecule has 2 aromatic rings. The van der Waals surface area contributed by atoms with Crippen LogP contribution < -0.4 is 4.74 Å². The summed E-state index contributed by atoms with van der Waals surface area (Å²) in [5, 5.41) is 21.9. The number of nitro benzene ring substituents is 2. The van der Waals surface area contributed by atoms with Gasteiger partial charge in [-0.25, -0.2) is 14.5 Å². The van der Waals surface area contributed by atoms with Gasteiger partial charge in [0.25, 0.3) is 11.4 Å². The maximum Gasteiger partial charge on any atom is 0.424 e. The van der Waals surface area contributed by atoms with E-state index < -0.39 is 22.0 Å². The second-order valence-electron chi connectivity index (χ2n) is 6.55. The fourth-order valence-corrected chi connectivity index (χ4v) is 3.15. The first-order valence-electron chi connectivity index (χ1n) is 9.42. The average molecular weight is 468 g/mol. The lowest BCUT2D eigenvalue weighted by Crippen LogP contribution is -2.45. The summed E-state index contributed by atoms with van der Waals surface area (Å²) < 4.78 is 16.0. The number of non-ortho nitro benzene ring substituents is 2. The van der Waals surface area contributed by atoms with Gasteiger partial charge in [0.05, 0.1) is 30.1 Å². The van der Waals surface area contributed by atoms with Crippen molar-refractivity contribution in [1.29, 1.82) is 0 Å². The van der Waals surface area contributed by atoms with Crippen molar-refractivity contribution in [2.24, 2.45) is 4.99 Å². The molecule has 13 heteroatoms. The monoisotopic (exact) mass is 468 g/mol. The summed E-state index contributed by atoms with van der Waals surface area (Å²) in [5.41, 5.74) is -0.0202. The van der Waals surface area contributed by atoms with Crippen LogP contribution >= 0.6 is 0 Å². The number of allylic oxidation sites excluding steroid dienone is 1. The fourth-order valence-electron chi connectivity index (χ4n) is 3.15. The standard InChI is InChI=1S/C21H16N4O9/c1-32-19-17(11-12-26)22-20(33-2)23(18(19)13-3-5-14(6-4-13)24(28)29)21(27)34-16-9-7-15(8-10-16)25(30)31/h3-11,18H,1-2H3. The van der Waals surface area contributed by atoms with Gasteiger partial charge in [-0.2, -0.15) is 4.99 Å². The highest BCUT2D eigenvalue weighted by atomic mass is 16.6. The molecular formula is C21H16N4O9. The van der Waals surface area contributed by atoms with Gasteiger partial charge in [-0.1, -0.05) is 0 Å². The first-order chi connectivity index (χ1) is 16.3. The number of hydrogen-bond donors (Lipinski definition) is 0. The minimum absolute atomic E-state index is 0.00460. The maximum absolute atomic E-state index is 13.2. The van der Waals surface area contributed by atoms with Gasteiger partial charge < -0.3 is 14.2 Å². The number of hydrogen-bond acceptors (Lipinski definition) is 10. The Labute approximate surface area is 191 Å². The Morgan fingerprint density at radius 1 is 1.00 bits per heavy atom. The molecule has 1 aliphatic rings. The van der Waals surface area contributed by atoms with Crippen LogP contribution in [0.15, 0.2) is 71.1 Å². The molecule has 0 bridgehead atoms. The predicted molar refractivity (Wildman–Crippen MR) is 116 cm³/mol. The summed E-state index contributed by atoms with van der Waals surface area (Å²) in [7, 11) is 2.53. The fraction of sp³-hybridized carbons (Fsp3) is 0.143. The van der Waals surface area contributed by atoms with Crippen molar-refractivity contribution < 1.29 is 33.6 Å². The molecule has 2 aromatic carbocycles. The first-order valence-corrected chi connectivity index (χ1v) is 9.42. The molecule has 0 fully saturated rings. The SMILES string of the molecule is COC1=NC(C=C=O)=C(OC)C(c2ccc([N+](=O)[O-])cc2)N1C(=O)Oc1ccc([N+](=O)[O-])cc1. The highest BCUT2D eigenvalue weighted by molar-refractivity contribution is 5.94. The molecule has 174 valence electrons. The van der Waals surface area contributed by atoms with Crippen molar-refractivity contribution in [2.75, 3.05) is 14.2 Å². The minimum Gasteiger partial charge on any atom is -0.496 e. The molecule has 13 nitrogen and oxygen atoms in total. The lowest BCUT2D eigenvalue weighted by atomic mass is 10.0. The molecule has 1 unspecified atom stereocenters. The largest absolute Gasteiger partial charge is 0.496 e. The third kappa shape index (κ3) is 4.74. The Morgan fingerprint density at radius 2 is 1.56 bits per heavy atom. The van der Waals surface area contributed by atoms with Crippen LogP contribution in [0.4, 0.5) is 16.2 Å². The Morgan fingerprint density at radius 3 is 2.03 bits per heavy atom. The highest BCUT2D eigenvalue weighted by Crippen LogP contribution is 2.37. The molecule has 0 radical (unpaired) electrons. The molecule has 34 heavy (non-hydrogen) atoms.